The Balaban J connectivity index is 1.66. The minimum absolute atomic E-state index is 0.0261. The van der Waals surface area contributed by atoms with Gasteiger partial charge in [-0.15, -0.1) is 0 Å². The van der Waals surface area contributed by atoms with E-state index in [-0.39, 0.29) is 37.6 Å². The topological polar surface area (TPSA) is 113 Å². The summed E-state index contributed by atoms with van der Waals surface area (Å²) < 4.78 is 65.6. The highest BCUT2D eigenvalue weighted by Gasteiger charge is 2.35. The number of rotatable bonds is 6. The first kappa shape index (κ1) is 24.6. The Morgan fingerprint density at radius 1 is 1.09 bits per heavy atom. The second-order valence-electron chi connectivity index (χ2n) is 7.41. The number of amides is 1. The molecule has 1 saturated heterocycles. The summed E-state index contributed by atoms with van der Waals surface area (Å²) >= 11 is 0. The van der Waals surface area contributed by atoms with Gasteiger partial charge >= 0.3 is 6.18 Å². The van der Waals surface area contributed by atoms with Crippen molar-refractivity contribution in [2.45, 2.75) is 24.0 Å². The van der Waals surface area contributed by atoms with Crippen LogP contribution in [0.3, 0.4) is 0 Å². The maximum atomic E-state index is 12.9. The SMILES string of the molecule is CC(C(=O)Nc1ccccc1[N+](=O)[O-])N1CCN(S(=O)(=O)c2cccc(C(F)(F)F)c2)CC1. The van der Waals surface area contributed by atoms with Gasteiger partial charge in [0, 0.05) is 32.2 Å². The van der Waals surface area contributed by atoms with Gasteiger partial charge in [0.25, 0.3) is 5.69 Å². The van der Waals surface area contributed by atoms with Gasteiger partial charge in [0.15, 0.2) is 0 Å². The number of nitro benzene ring substituents is 1. The first-order chi connectivity index (χ1) is 15.4. The predicted molar refractivity (Wildman–Crippen MR) is 113 cm³/mol. The maximum Gasteiger partial charge on any atom is 0.416 e. The number of piperazine rings is 1. The zero-order valence-corrected chi connectivity index (χ0v) is 18.3. The summed E-state index contributed by atoms with van der Waals surface area (Å²) in [5.41, 5.74) is -1.26. The van der Waals surface area contributed by atoms with Gasteiger partial charge in [0.1, 0.15) is 5.69 Å². The van der Waals surface area contributed by atoms with Gasteiger partial charge in [0.2, 0.25) is 15.9 Å². The number of hydrogen-bond acceptors (Lipinski definition) is 6. The third-order valence-electron chi connectivity index (χ3n) is 5.36. The molecule has 9 nitrogen and oxygen atoms in total. The van der Waals surface area contributed by atoms with E-state index in [1.165, 1.54) is 18.2 Å². The van der Waals surface area contributed by atoms with Crippen LogP contribution in [-0.2, 0) is 21.0 Å². The third kappa shape index (κ3) is 5.49. The van der Waals surface area contributed by atoms with Crippen molar-refractivity contribution in [3.05, 3.63) is 64.2 Å². The fourth-order valence-electron chi connectivity index (χ4n) is 3.45. The minimum atomic E-state index is -4.67. The van der Waals surface area contributed by atoms with E-state index in [9.17, 15) is 36.5 Å². The molecule has 0 saturated carbocycles. The van der Waals surface area contributed by atoms with Crippen LogP contribution in [0.4, 0.5) is 24.5 Å². The monoisotopic (exact) mass is 486 g/mol. The molecule has 178 valence electrons. The Hall–Kier alpha value is -3.03. The number of carbonyl (C=O) groups excluding carboxylic acids is 1. The number of alkyl halides is 3. The summed E-state index contributed by atoms with van der Waals surface area (Å²) in [6.07, 6.45) is -4.67. The molecular formula is C20H21F3N4O5S. The number of carbonyl (C=O) groups is 1. The molecule has 3 rings (SSSR count). The van der Waals surface area contributed by atoms with Crippen LogP contribution in [0.15, 0.2) is 53.4 Å². The molecule has 0 radical (unpaired) electrons. The Morgan fingerprint density at radius 2 is 1.73 bits per heavy atom. The number of nitrogens with one attached hydrogen (secondary N) is 1. The lowest BCUT2D eigenvalue weighted by molar-refractivity contribution is -0.383. The zero-order valence-electron chi connectivity index (χ0n) is 17.4. The van der Waals surface area contributed by atoms with Crippen LogP contribution in [0.2, 0.25) is 0 Å². The molecule has 13 heteroatoms. The molecule has 1 aliphatic rings. The molecule has 2 aromatic carbocycles. The molecule has 0 bridgehead atoms. The molecule has 1 fully saturated rings. The smallest absolute Gasteiger partial charge is 0.319 e. The first-order valence-electron chi connectivity index (χ1n) is 9.87. The molecule has 33 heavy (non-hydrogen) atoms. The van der Waals surface area contributed by atoms with Gasteiger partial charge < -0.3 is 5.32 Å². The van der Waals surface area contributed by atoms with Gasteiger partial charge in [0.05, 0.1) is 21.4 Å². The second-order valence-corrected chi connectivity index (χ2v) is 9.34. The van der Waals surface area contributed by atoms with Crippen LogP contribution in [-0.4, -0.2) is 60.7 Å². The van der Waals surface area contributed by atoms with E-state index >= 15 is 0 Å². The zero-order chi connectivity index (χ0) is 24.4. The minimum Gasteiger partial charge on any atom is -0.319 e. The van der Waals surface area contributed by atoms with E-state index < -0.39 is 43.5 Å². The van der Waals surface area contributed by atoms with Crippen molar-refractivity contribution in [2.75, 3.05) is 31.5 Å². The largest absolute Gasteiger partial charge is 0.416 e. The van der Waals surface area contributed by atoms with Crippen molar-refractivity contribution >= 4 is 27.3 Å². The van der Waals surface area contributed by atoms with Crippen LogP contribution in [0.1, 0.15) is 12.5 Å². The predicted octanol–water partition coefficient (Wildman–Crippen LogP) is 2.95. The lowest BCUT2D eigenvalue weighted by atomic mass is 10.2. The highest BCUT2D eigenvalue weighted by molar-refractivity contribution is 7.89. The fourth-order valence-corrected chi connectivity index (χ4v) is 4.92. The molecule has 0 aliphatic carbocycles. The van der Waals surface area contributed by atoms with Gasteiger partial charge in [-0.25, -0.2) is 8.42 Å². The van der Waals surface area contributed by atoms with Crippen molar-refractivity contribution in [3.63, 3.8) is 0 Å². The number of para-hydroxylation sites is 2. The maximum absolute atomic E-state index is 12.9. The van der Waals surface area contributed by atoms with Crippen LogP contribution in [0, 0.1) is 10.1 Å². The summed E-state index contributed by atoms with van der Waals surface area (Å²) in [4.78, 5) is 24.4. The van der Waals surface area contributed by atoms with Crippen LogP contribution in [0.25, 0.3) is 0 Å². The lowest BCUT2D eigenvalue weighted by Gasteiger charge is -2.36. The summed E-state index contributed by atoms with van der Waals surface area (Å²) in [7, 11) is -4.15. The van der Waals surface area contributed by atoms with E-state index in [0.29, 0.717) is 6.07 Å². The number of anilines is 1. The Labute approximate surface area is 188 Å². The standard InChI is InChI=1S/C20H21F3N4O5S/c1-14(19(28)24-17-7-2-3-8-18(17)27(29)30)25-9-11-26(12-10-25)33(31,32)16-6-4-5-15(13-16)20(21,22)23/h2-8,13-14H,9-12H2,1H3,(H,24,28). The lowest BCUT2D eigenvalue weighted by Crippen LogP contribution is -2.53. The normalized spacial score (nSPS) is 16.8. The van der Waals surface area contributed by atoms with Crippen molar-refractivity contribution in [2.24, 2.45) is 0 Å². The quantitative estimate of drug-likeness (QED) is 0.496. The average molecular weight is 486 g/mol. The molecule has 0 aromatic heterocycles. The Bertz CT molecular complexity index is 1150. The van der Waals surface area contributed by atoms with Gasteiger partial charge in [-0.3, -0.25) is 19.8 Å². The number of sulfonamides is 1. The van der Waals surface area contributed by atoms with Crippen molar-refractivity contribution in [3.8, 4) is 0 Å². The summed E-state index contributed by atoms with van der Waals surface area (Å²) in [5, 5.41) is 13.6. The molecular weight excluding hydrogens is 465 g/mol. The second kappa shape index (κ2) is 9.45. The molecule has 1 heterocycles. The third-order valence-corrected chi connectivity index (χ3v) is 7.25. The van der Waals surface area contributed by atoms with Gasteiger partial charge in [-0.1, -0.05) is 18.2 Å². The summed E-state index contributed by atoms with van der Waals surface area (Å²) in [5.74, 6) is -0.501. The highest BCUT2D eigenvalue weighted by Crippen LogP contribution is 2.31. The van der Waals surface area contributed by atoms with E-state index in [4.69, 9.17) is 0 Å². The Morgan fingerprint density at radius 3 is 2.33 bits per heavy atom. The number of benzene rings is 2. The molecule has 1 N–H and O–H groups in total. The molecule has 2 aromatic rings. The van der Waals surface area contributed by atoms with Crippen molar-refractivity contribution in [1.29, 1.82) is 0 Å². The first-order valence-corrected chi connectivity index (χ1v) is 11.3. The van der Waals surface area contributed by atoms with E-state index in [0.717, 1.165) is 22.5 Å². The number of halogens is 3. The summed E-state index contributed by atoms with van der Waals surface area (Å²) in [6, 6.07) is 8.52. The number of hydrogen-bond donors (Lipinski definition) is 1. The summed E-state index contributed by atoms with van der Waals surface area (Å²) in [6.45, 7) is 1.84. The van der Waals surface area contributed by atoms with Crippen LogP contribution in [0.5, 0.6) is 0 Å². The fraction of sp³-hybridized carbons (Fsp3) is 0.350. The Kier molecular flexibility index (Phi) is 7.05. The average Bonchev–Trinajstić information content (AvgIpc) is 2.78. The molecule has 1 amide bonds. The molecule has 1 unspecified atom stereocenters. The molecule has 1 atom stereocenters. The van der Waals surface area contributed by atoms with E-state index in [1.807, 2.05) is 0 Å². The van der Waals surface area contributed by atoms with E-state index in [2.05, 4.69) is 5.32 Å². The van der Waals surface area contributed by atoms with Crippen molar-refractivity contribution < 1.29 is 31.3 Å². The highest BCUT2D eigenvalue weighted by atomic mass is 32.2. The number of nitrogens with zero attached hydrogens (tertiary/aromatic N) is 3. The number of nitro groups is 1. The van der Waals surface area contributed by atoms with Crippen LogP contribution >= 0.6 is 0 Å². The van der Waals surface area contributed by atoms with Gasteiger partial charge in [-0.2, -0.15) is 17.5 Å². The van der Waals surface area contributed by atoms with Gasteiger partial charge in [-0.05, 0) is 31.2 Å². The molecule has 0 spiro atoms. The van der Waals surface area contributed by atoms with E-state index in [1.54, 1.807) is 17.9 Å². The van der Waals surface area contributed by atoms with Crippen LogP contribution < -0.4 is 5.32 Å². The molecule has 1 aliphatic heterocycles. The van der Waals surface area contributed by atoms with Crippen molar-refractivity contribution in [1.82, 2.24) is 9.21 Å².